The van der Waals surface area contributed by atoms with Crippen LogP contribution in [0.5, 0.6) is 5.75 Å². The highest BCUT2D eigenvalue weighted by molar-refractivity contribution is 5.95. The summed E-state index contributed by atoms with van der Waals surface area (Å²) >= 11 is 0. The lowest BCUT2D eigenvalue weighted by Gasteiger charge is -2.24. The zero-order chi connectivity index (χ0) is 17.8. The van der Waals surface area contributed by atoms with Crippen molar-refractivity contribution in [3.63, 3.8) is 0 Å². The Bertz CT molecular complexity index is 717. The first-order valence-electron chi connectivity index (χ1n) is 8.67. The molecule has 1 aromatic carbocycles. The maximum Gasteiger partial charge on any atom is 0.253 e. The number of aryl methyl sites for hydroxylation is 2. The smallest absolute Gasteiger partial charge is 0.253 e. The molecule has 0 unspecified atom stereocenters. The zero-order valence-corrected chi connectivity index (χ0v) is 15.1. The van der Waals surface area contributed by atoms with E-state index in [1.54, 1.807) is 12.4 Å². The van der Waals surface area contributed by atoms with E-state index in [1.165, 1.54) is 0 Å². The molecule has 1 aromatic heterocycles. The average molecular weight is 339 g/mol. The molecule has 25 heavy (non-hydrogen) atoms. The van der Waals surface area contributed by atoms with Gasteiger partial charge in [0.15, 0.2) is 0 Å². The minimum absolute atomic E-state index is 0.0682. The molecule has 1 fully saturated rings. The highest BCUT2D eigenvalue weighted by atomic mass is 16.5. The number of hydrogen-bond donors (Lipinski definition) is 1. The maximum absolute atomic E-state index is 12.8. The Balaban J connectivity index is 1.74. The normalized spacial score (nSPS) is 16.7. The molecule has 1 atom stereocenters. The Morgan fingerprint density at radius 2 is 2.12 bits per heavy atom. The molecule has 0 spiro atoms. The van der Waals surface area contributed by atoms with Gasteiger partial charge in [0, 0.05) is 43.2 Å². The van der Waals surface area contributed by atoms with Gasteiger partial charge in [0.25, 0.3) is 5.91 Å². The summed E-state index contributed by atoms with van der Waals surface area (Å²) in [5.74, 6) is 0.907. The molecule has 5 nitrogen and oxygen atoms in total. The van der Waals surface area contributed by atoms with Gasteiger partial charge >= 0.3 is 0 Å². The van der Waals surface area contributed by atoms with Crippen molar-refractivity contribution in [2.75, 3.05) is 20.1 Å². The van der Waals surface area contributed by atoms with Crippen molar-refractivity contribution in [2.24, 2.45) is 0 Å². The van der Waals surface area contributed by atoms with Crippen molar-refractivity contribution in [1.29, 1.82) is 0 Å². The monoisotopic (exact) mass is 339 g/mol. The first kappa shape index (κ1) is 17.4. The Kier molecular flexibility index (Phi) is 5.34. The van der Waals surface area contributed by atoms with Crippen LogP contribution in [0.25, 0.3) is 0 Å². The fourth-order valence-corrected chi connectivity index (χ4v) is 3.28. The summed E-state index contributed by atoms with van der Waals surface area (Å²) in [7, 11) is 1.89. The molecule has 1 amide bonds. The van der Waals surface area contributed by atoms with Crippen molar-refractivity contribution in [2.45, 2.75) is 32.9 Å². The number of nitrogens with zero attached hydrogens (tertiary/aromatic N) is 2. The molecule has 1 aliphatic heterocycles. The summed E-state index contributed by atoms with van der Waals surface area (Å²) in [4.78, 5) is 18.7. The Labute approximate surface area is 149 Å². The van der Waals surface area contributed by atoms with E-state index in [1.807, 2.05) is 50.1 Å². The van der Waals surface area contributed by atoms with Gasteiger partial charge in [0.1, 0.15) is 12.4 Å². The van der Waals surface area contributed by atoms with Crippen molar-refractivity contribution in [1.82, 2.24) is 15.2 Å². The van der Waals surface area contributed by atoms with Gasteiger partial charge in [-0.25, -0.2) is 0 Å². The molecule has 1 aliphatic rings. The fourth-order valence-electron chi connectivity index (χ4n) is 3.28. The number of benzene rings is 1. The van der Waals surface area contributed by atoms with Crippen LogP contribution in [0.4, 0.5) is 0 Å². The van der Waals surface area contributed by atoms with E-state index in [0.717, 1.165) is 47.5 Å². The number of likely N-dealkylation sites (N-methyl/N-ethyl adjacent to an activating group) is 1. The maximum atomic E-state index is 12.8. The van der Waals surface area contributed by atoms with Gasteiger partial charge in [-0.15, -0.1) is 0 Å². The summed E-state index contributed by atoms with van der Waals surface area (Å²) in [5.41, 5.74) is 3.70. The second-order valence-corrected chi connectivity index (χ2v) is 6.65. The second kappa shape index (κ2) is 7.66. The number of carbonyl (C=O) groups is 1. The summed E-state index contributed by atoms with van der Waals surface area (Å²) in [6.45, 7) is 6.28. The van der Waals surface area contributed by atoms with E-state index in [2.05, 4.69) is 10.3 Å². The molecule has 0 radical (unpaired) electrons. The largest absolute Gasteiger partial charge is 0.488 e. The van der Waals surface area contributed by atoms with Gasteiger partial charge in [-0.2, -0.15) is 0 Å². The number of carbonyl (C=O) groups excluding carboxylic acids is 1. The van der Waals surface area contributed by atoms with Gasteiger partial charge in [-0.05, 0) is 56.1 Å². The third-order valence-electron chi connectivity index (χ3n) is 4.72. The number of rotatable bonds is 5. The van der Waals surface area contributed by atoms with Crippen molar-refractivity contribution in [3.05, 3.63) is 58.9 Å². The molecule has 0 saturated carbocycles. The molecule has 0 aliphatic carbocycles. The number of pyridine rings is 1. The standard InChI is InChI=1S/C20H25N3O2/c1-14-9-17(20(24)23(3)18-6-8-22-12-18)10-15(2)19(14)25-13-16-5-4-7-21-11-16/h4-5,7,9-11,18,22H,6,8,12-13H2,1-3H3/t18-/m1/s1. The van der Waals surface area contributed by atoms with E-state index in [4.69, 9.17) is 4.74 Å². The highest BCUT2D eigenvalue weighted by Crippen LogP contribution is 2.26. The third kappa shape index (κ3) is 3.99. The highest BCUT2D eigenvalue weighted by Gasteiger charge is 2.24. The lowest BCUT2D eigenvalue weighted by atomic mass is 10.0. The van der Waals surface area contributed by atoms with Crippen LogP contribution in [0.2, 0.25) is 0 Å². The molecule has 0 bridgehead atoms. The van der Waals surface area contributed by atoms with Gasteiger partial charge < -0.3 is 15.0 Å². The molecule has 2 aromatic rings. The topological polar surface area (TPSA) is 54.5 Å². The summed E-state index contributed by atoms with van der Waals surface area (Å²) in [5, 5.41) is 3.30. The fraction of sp³-hybridized carbons (Fsp3) is 0.400. The van der Waals surface area contributed by atoms with Crippen LogP contribution < -0.4 is 10.1 Å². The number of nitrogens with one attached hydrogen (secondary N) is 1. The summed E-state index contributed by atoms with van der Waals surface area (Å²) in [6, 6.07) is 8.00. The molecular weight excluding hydrogens is 314 g/mol. The molecule has 2 heterocycles. The van der Waals surface area contributed by atoms with E-state index in [0.29, 0.717) is 6.61 Å². The van der Waals surface area contributed by atoms with E-state index < -0.39 is 0 Å². The predicted molar refractivity (Wildman–Crippen MR) is 97.9 cm³/mol. The molecular formula is C20H25N3O2. The quantitative estimate of drug-likeness (QED) is 0.910. The molecule has 5 heteroatoms. The van der Waals surface area contributed by atoms with Crippen LogP contribution >= 0.6 is 0 Å². The predicted octanol–water partition coefficient (Wildman–Crippen LogP) is 2.71. The van der Waals surface area contributed by atoms with Crippen molar-refractivity contribution < 1.29 is 9.53 Å². The molecule has 132 valence electrons. The van der Waals surface area contributed by atoms with Gasteiger partial charge in [-0.1, -0.05) is 6.07 Å². The van der Waals surface area contributed by atoms with Crippen LogP contribution in [-0.2, 0) is 6.61 Å². The second-order valence-electron chi connectivity index (χ2n) is 6.65. The van der Waals surface area contributed by atoms with E-state index >= 15 is 0 Å². The number of aromatic nitrogens is 1. The van der Waals surface area contributed by atoms with Crippen LogP contribution in [0, 0.1) is 13.8 Å². The van der Waals surface area contributed by atoms with Crippen molar-refractivity contribution in [3.8, 4) is 5.75 Å². The van der Waals surface area contributed by atoms with Crippen LogP contribution in [0.1, 0.15) is 33.5 Å². The summed E-state index contributed by atoms with van der Waals surface area (Å²) in [6.07, 6.45) is 4.55. The van der Waals surface area contributed by atoms with Gasteiger partial charge in [0.05, 0.1) is 0 Å². The third-order valence-corrected chi connectivity index (χ3v) is 4.72. The zero-order valence-electron chi connectivity index (χ0n) is 15.1. The van der Waals surface area contributed by atoms with E-state index in [9.17, 15) is 4.79 Å². The van der Waals surface area contributed by atoms with Crippen molar-refractivity contribution >= 4 is 5.91 Å². The van der Waals surface area contributed by atoms with Gasteiger partial charge in [0.2, 0.25) is 0 Å². The number of amides is 1. The molecule has 1 saturated heterocycles. The minimum Gasteiger partial charge on any atom is -0.488 e. The summed E-state index contributed by atoms with van der Waals surface area (Å²) < 4.78 is 5.97. The van der Waals surface area contributed by atoms with E-state index in [-0.39, 0.29) is 11.9 Å². The first-order valence-corrected chi connectivity index (χ1v) is 8.67. The minimum atomic E-state index is 0.0682. The lowest BCUT2D eigenvalue weighted by Crippen LogP contribution is -2.38. The van der Waals surface area contributed by atoms with Gasteiger partial charge in [-0.3, -0.25) is 9.78 Å². The Hall–Kier alpha value is -2.40. The first-order chi connectivity index (χ1) is 12.1. The lowest BCUT2D eigenvalue weighted by molar-refractivity contribution is 0.0743. The molecule has 1 N–H and O–H groups in total. The Morgan fingerprint density at radius 1 is 1.36 bits per heavy atom. The Morgan fingerprint density at radius 3 is 2.72 bits per heavy atom. The molecule has 3 rings (SSSR count). The van der Waals surface area contributed by atoms with Crippen LogP contribution in [0.3, 0.4) is 0 Å². The van der Waals surface area contributed by atoms with Crippen LogP contribution in [-0.4, -0.2) is 42.0 Å². The SMILES string of the molecule is Cc1cc(C(=O)N(C)[C@@H]2CCNC2)cc(C)c1OCc1cccnc1. The number of ether oxygens (including phenoxy) is 1. The number of hydrogen-bond acceptors (Lipinski definition) is 4. The average Bonchev–Trinajstić information content (AvgIpc) is 3.15. The van der Waals surface area contributed by atoms with Crippen LogP contribution in [0.15, 0.2) is 36.7 Å².